The van der Waals surface area contributed by atoms with Gasteiger partial charge in [-0.15, -0.1) is 0 Å². The summed E-state index contributed by atoms with van der Waals surface area (Å²) in [5, 5.41) is 7.87. The summed E-state index contributed by atoms with van der Waals surface area (Å²) < 4.78 is 13.0. The highest BCUT2D eigenvalue weighted by Gasteiger charge is 2.61. The van der Waals surface area contributed by atoms with Gasteiger partial charge in [-0.25, -0.2) is 0 Å². The summed E-state index contributed by atoms with van der Waals surface area (Å²) >= 11 is 3.66. The third kappa shape index (κ3) is 4.40. The molecule has 0 saturated carbocycles. The fraction of sp³-hybridized carbons (Fsp3) is 0.184. The number of fused-ring (bicyclic) bond motifs is 1. The van der Waals surface area contributed by atoms with E-state index in [0.717, 1.165) is 43.6 Å². The summed E-state index contributed by atoms with van der Waals surface area (Å²) in [4.78, 5) is 27.8. The van der Waals surface area contributed by atoms with Crippen molar-refractivity contribution in [3.8, 4) is 11.5 Å². The molecule has 9 rings (SSSR count). The maximum atomic E-state index is 13.9. The zero-order valence-corrected chi connectivity index (χ0v) is 26.1. The van der Waals surface area contributed by atoms with E-state index < -0.39 is 11.8 Å². The lowest BCUT2D eigenvalue weighted by Gasteiger charge is -2.45. The molecule has 7 heteroatoms. The lowest BCUT2D eigenvalue weighted by atomic mass is 9.55. The second-order valence-electron chi connectivity index (χ2n) is 11.7. The van der Waals surface area contributed by atoms with Gasteiger partial charge in [0.1, 0.15) is 6.61 Å². The van der Waals surface area contributed by atoms with Crippen molar-refractivity contribution >= 4 is 44.7 Å². The van der Waals surface area contributed by atoms with Crippen LogP contribution < -0.4 is 9.47 Å². The molecule has 5 aromatic rings. The Balaban J connectivity index is 1.08. The monoisotopic (exact) mass is 656 g/mol. The Labute approximate surface area is 269 Å². The average molecular weight is 658 g/mol. The molecule has 2 bridgehead atoms. The molecule has 6 nitrogen and oxygen atoms in total. The maximum Gasteiger partial charge on any atom is 0.254 e. The molecule has 2 atom stereocenters. The average Bonchev–Trinajstić information content (AvgIpc) is 3.32. The van der Waals surface area contributed by atoms with Gasteiger partial charge < -0.3 is 9.47 Å². The first-order valence-electron chi connectivity index (χ1n) is 15.2. The number of carbonyl (C=O) groups is 2. The molecular weight excluding hydrogens is 628 g/mol. The normalized spacial score (nSPS) is 21.2. The molecule has 2 amide bonds. The smallest absolute Gasteiger partial charge is 0.254 e. The Kier molecular flexibility index (Phi) is 6.79. The van der Waals surface area contributed by atoms with Gasteiger partial charge in [-0.05, 0) is 79.1 Å². The van der Waals surface area contributed by atoms with Gasteiger partial charge in [0.25, 0.3) is 11.8 Å². The molecule has 3 aliphatic carbocycles. The zero-order chi connectivity index (χ0) is 30.7. The van der Waals surface area contributed by atoms with Gasteiger partial charge >= 0.3 is 0 Å². The van der Waals surface area contributed by atoms with Gasteiger partial charge in [0, 0.05) is 11.8 Å². The van der Waals surface area contributed by atoms with Crippen molar-refractivity contribution in [3.63, 3.8) is 0 Å². The molecule has 1 heterocycles. The van der Waals surface area contributed by atoms with E-state index in [0.29, 0.717) is 34.7 Å². The summed E-state index contributed by atoms with van der Waals surface area (Å²) in [6.45, 7) is 2.71. The minimum Gasteiger partial charge on any atom is -0.490 e. The van der Waals surface area contributed by atoms with E-state index in [1.54, 1.807) is 6.21 Å². The van der Waals surface area contributed by atoms with Crippen molar-refractivity contribution < 1.29 is 19.1 Å². The van der Waals surface area contributed by atoms with E-state index in [2.05, 4.69) is 69.6 Å². The van der Waals surface area contributed by atoms with Crippen LogP contribution in [0.3, 0.4) is 0 Å². The van der Waals surface area contributed by atoms with Crippen molar-refractivity contribution in [2.75, 3.05) is 6.61 Å². The molecule has 1 fully saturated rings. The number of amides is 2. The molecule has 0 spiro atoms. The van der Waals surface area contributed by atoms with Crippen LogP contribution >= 0.6 is 15.9 Å². The summed E-state index contributed by atoms with van der Waals surface area (Å²) in [6.07, 6.45) is 1.55. The maximum absolute atomic E-state index is 13.9. The fourth-order valence-corrected chi connectivity index (χ4v) is 8.11. The Morgan fingerprint density at radius 1 is 0.756 bits per heavy atom. The van der Waals surface area contributed by atoms with Crippen molar-refractivity contribution in [2.45, 2.75) is 25.4 Å². The van der Waals surface area contributed by atoms with Crippen LogP contribution in [0.15, 0.2) is 113 Å². The van der Waals surface area contributed by atoms with Crippen LogP contribution in [0.1, 0.15) is 52.1 Å². The minimum absolute atomic E-state index is 0.166. The van der Waals surface area contributed by atoms with E-state index in [-0.39, 0.29) is 23.7 Å². The Hall–Kier alpha value is -4.75. The van der Waals surface area contributed by atoms with Gasteiger partial charge in [-0.3, -0.25) is 9.59 Å². The van der Waals surface area contributed by atoms with Crippen LogP contribution in [0.25, 0.3) is 10.8 Å². The number of imide groups is 1. The van der Waals surface area contributed by atoms with Gasteiger partial charge in [0.2, 0.25) is 0 Å². The van der Waals surface area contributed by atoms with Crippen LogP contribution in [0.4, 0.5) is 0 Å². The predicted molar refractivity (Wildman–Crippen MR) is 177 cm³/mol. The summed E-state index contributed by atoms with van der Waals surface area (Å²) in [6, 6.07) is 34.5. The molecule has 1 aliphatic heterocycles. The molecule has 0 unspecified atom stereocenters. The molecular formula is C38H29BrN2O4. The first kappa shape index (κ1) is 27.8. The van der Waals surface area contributed by atoms with Crippen LogP contribution in [0, 0.1) is 11.8 Å². The first-order valence-corrected chi connectivity index (χ1v) is 16.0. The Bertz CT molecular complexity index is 1920. The van der Waals surface area contributed by atoms with Gasteiger partial charge in [0.05, 0.1) is 29.1 Å². The molecule has 5 aromatic carbocycles. The van der Waals surface area contributed by atoms with E-state index in [9.17, 15) is 9.59 Å². The van der Waals surface area contributed by atoms with Crippen LogP contribution in [0.5, 0.6) is 11.5 Å². The second-order valence-corrected chi connectivity index (χ2v) is 12.5. The molecule has 45 heavy (non-hydrogen) atoms. The summed E-state index contributed by atoms with van der Waals surface area (Å²) in [5.41, 5.74) is 6.29. The molecule has 0 N–H and O–H groups in total. The quantitative estimate of drug-likeness (QED) is 0.132. The highest BCUT2D eigenvalue weighted by molar-refractivity contribution is 9.10. The van der Waals surface area contributed by atoms with Gasteiger partial charge in [-0.1, -0.05) is 91.0 Å². The van der Waals surface area contributed by atoms with E-state index in [1.807, 2.05) is 61.5 Å². The summed E-state index contributed by atoms with van der Waals surface area (Å²) in [7, 11) is 0. The first-order chi connectivity index (χ1) is 22.0. The largest absolute Gasteiger partial charge is 0.490 e. The molecule has 0 aromatic heterocycles. The SMILES string of the molecule is CCOc1cc(/C=N\N2C(=O)[C@@H]3C4c5ccccc5C(c5ccccc54)[C@H]3C2=O)cc(Br)c1OCc1cccc2ccccc12. The number of benzene rings is 5. The molecule has 1 saturated heterocycles. The number of nitrogens with zero attached hydrogens (tertiary/aromatic N) is 2. The third-order valence-electron chi connectivity index (χ3n) is 9.33. The number of ether oxygens (including phenoxy) is 2. The predicted octanol–water partition coefficient (Wildman–Crippen LogP) is 7.81. The number of hydrazone groups is 1. The van der Waals surface area contributed by atoms with Gasteiger partial charge in [0.15, 0.2) is 11.5 Å². The lowest BCUT2D eigenvalue weighted by molar-refractivity contribution is -0.139. The Morgan fingerprint density at radius 3 is 1.96 bits per heavy atom. The third-order valence-corrected chi connectivity index (χ3v) is 9.92. The minimum atomic E-state index is -0.472. The second kappa shape index (κ2) is 11.0. The number of rotatable bonds is 7. The van der Waals surface area contributed by atoms with Crippen molar-refractivity contribution in [1.29, 1.82) is 0 Å². The van der Waals surface area contributed by atoms with Crippen LogP contribution in [-0.4, -0.2) is 29.6 Å². The van der Waals surface area contributed by atoms with E-state index >= 15 is 0 Å². The lowest BCUT2D eigenvalue weighted by Crippen LogP contribution is -2.41. The van der Waals surface area contributed by atoms with Crippen LogP contribution in [0.2, 0.25) is 0 Å². The molecule has 0 radical (unpaired) electrons. The number of hydrogen-bond donors (Lipinski definition) is 0. The number of hydrogen-bond acceptors (Lipinski definition) is 5. The fourth-order valence-electron chi connectivity index (χ4n) is 7.53. The van der Waals surface area contributed by atoms with Crippen molar-refractivity contribution in [1.82, 2.24) is 5.01 Å². The topological polar surface area (TPSA) is 68.2 Å². The highest BCUT2D eigenvalue weighted by atomic mass is 79.9. The van der Waals surface area contributed by atoms with E-state index in [4.69, 9.17) is 9.47 Å². The molecule has 4 aliphatic rings. The zero-order valence-electron chi connectivity index (χ0n) is 24.5. The van der Waals surface area contributed by atoms with Crippen molar-refractivity contribution in [2.24, 2.45) is 16.9 Å². The summed E-state index contributed by atoms with van der Waals surface area (Å²) in [5.74, 6) is -0.653. The van der Waals surface area contributed by atoms with Crippen LogP contribution in [-0.2, 0) is 16.2 Å². The number of carbonyl (C=O) groups excluding carboxylic acids is 2. The number of halogens is 1. The standard InChI is InChI=1S/C38H29BrN2O4/c1-2-44-31-19-22(18-30(39)36(31)45-21-24-12-9-11-23-10-3-4-13-25(23)24)20-40-41-37(42)34-32-26-14-5-6-15-27(26)33(35(34)38(41)43)29-17-8-7-16-28(29)32/h3-20,32-35H,2,21H2,1H3/b40-20-/t32?,33?,34-,35-/m1/s1. The van der Waals surface area contributed by atoms with E-state index in [1.165, 1.54) is 0 Å². The van der Waals surface area contributed by atoms with Gasteiger partial charge in [-0.2, -0.15) is 10.1 Å². The molecule has 222 valence electrons. The Morgan fingerprint density at radius 2 is 1.33 bits per heavy atom. The highest BCUT2D eigenvalue weighted by Crippen LogP contribution is 2.61. The van der Waals surface area contributed by atoms with Crippen molar-refractivity contribution in [3.05, 3.63) is 141 Å².